The Bertz CT molecular complexity index is 677. The van der Waals surface area contributed by atoms with Gasteiger partial charge in [-0.1, -0.05) is 232 Å². The summed E-state index contributed by atoms with van der Waals surface area (Å²) in [5.41, 5.74) is 0. The second-order valence-corrected chi connectivity index (χ2v) is 15.8. The average Bonchev–Trinajstić information content (AvgIpc) is 3.12. The molecule has 0 radical (unpaired) electrons. The van der Waals surface area contributed by atoms with Crippen LogP contribution in [-0.2, 0) is 4.79 Å². The van der Waals surface area contributed by atoms with Gasteiger partial charge in [-0.25, -0.2) is 0 Å². The number of rotatable bonds is 41. The molecule has 0 fully saturated rings. The van der Waals surface area contributed by atoms with Crippen LogP contribution < -0.4 is 5.32 Å². The lowest BCUT2D eigenvalue weighted by Gasteiger charge is -2.27. The van der Waals surface area contributed by atoms with E-state index in [1.54, 1.807) is 0 Å². The second kappa shape index (κ2) is 39.5. The fourth-order valence-corrected chi connectivity index (χ4v) is 7.23. The summed E-state index contributed by atoms with van der Waals surface area (Å²) in [5.74, 6) is -0.579. The largest absolute Gasteiger partial charge is 0.394 e. The van der Waals surface area contributed by atoms with Crippen LogP contribution in [0.25, 0.3) is 0 Å². The minimum absolute atomic E-state index is 0.375. The van der Waals surface area contributed by atoms with E-state index in [0.717, 1.165) is 38.5 Å². The van der Waals surface area contributed by atoms with Crippen molar-refractivity contribution in [1.82, 2.24) is 5.32 Å². The highest BCUT2D eigenvalue weighted by Crippen LogP contribution is 2.17. The normalized spacial score (nSPS) is 14.1. The minimum Gasteiger partial charge on any atom is -0.394 e. The highest BCUT2D eigenvalue weighted by molar-refractivity contribution is 5.80. The number of hydrogen-bond acceptors (Lipinski definition) is 5. The van der Waals surface area contributed by atoms with E-state index >= 15 is 0 Å². The molecule has 0 spiro atoms. The van der Waals surface area contributed by atoms with Crippen LogP contribution in [-0.4, -0.2) is 57.3 Å². The van der Waals surface area contributed by atoms with Crippen LogP contribution in [0.2, 0.25) is 0 Å². The number of hydrogen-bond donors (Lipinski definition) is 5. The molecule has 4 atom stereocenters. The van der Waals surface area contributed by atoms with Gasteiger partial charge in [0.25, 0.3) is 0 Å². The van der Waals surface area contributed by atoms with Crippen LogP contribution in [0.5, 0.6) is 0 Å². The zero-order valence-electron chi connectivity index (χ0n) is 33.7. The molecule has 0 saturated heterocycles. The second-order valence-electron chi connectivity index (χ2n) is 15.8. The third kappa shape index (κ3) is 33.2. The van der Waals surface area contributed by atoms with Gasteiger partial charge >= 0.3 is 0 Å². The standard InChI is InChI=1S/C44H89NO5/c1-3-5-7-9-11-13-15-17-19-21-22-24-25-27-29-31-33-35-37-41(47)43(49)40(39-46)45-44(50)42(48)38-36-34-32-30-28-26-23-20-18-16-14-12-10-8-6-4-2/h40-43,46-49H,3-39H2,1-2H3,(H,45,50). The van der Waals surface area contributed by atoms with Crippen molar-refractivity contribution in [3.63, 3.8) is 0 Å². The van der Waals surface area contributed by atoms with Crippen LogP contribution in [0.4, 0.5) is 0 Å². The first-order chi connectivity index (χ1) is 24.5. The first-order valence-corrected chi connectivity index (χ1v) is 22.4. The van der Waals surface area contributed by atoms with E-state index < -0.39 is 36.9 Å². The molecule has 5 N–H and O–H groups in total. The van der Waals surface area contributed by atoms with Gasteiger partial charge in [0.15, 0.2) is 0 Å². The lowest BCUT2D eigenvalue weighted by molar-refractivity contribution is -0.132. The Morgan fingerprint density at radius 2 is 0.680 bits per heavy atom. The number of amides is 1. The predicted octanol–water partition coefficient (Wildman–Crippen LogP) is 11.6. The summed E-state index contributed by atoms with van der Waals surface area (Å²) in [6, 6.07) is -0.978. The number of carbonyl (C=O) groups excluding carboxylic acids is 1. The highest BCUT2D eigenvalue weighted by atomic mass is 16.3. The Morgan fingerprint density at radius 1 is 0.420 bits per heavy atom. The van der Waals surface area contributed by atoms with Crippen molar-refractivity contribution in [2.45, 2.75) is 269 Å². The number of unbranched alkanes of at least 4 members (excludes halogenated alkanes) is 32. The van der Waals surface area contributed by atoms with Crippen molar-refractivity contribution < 1.29 is 25.2 Å². The van der Waals surface area contributed by atoms with Gasteiger partial charge in [0, 0.05) is 0 Å². The van der Waals surface area contributed by atoms with Crippen LogP contribution in [0.15, 0.2) is 0 Å². The van der Waals surface area contributed by atoms with Crippen molar-refractivity contribution in [1.29, 1.82) is 0 Å². The van der Waals surface area contributed by atoms with Crippen molar-refractivity contribution in [3.8, 4) is 0 Å². The number of aliphatic hydroxyl groups is 4. The van der Waals surface area contributed by atoms with Crippen LogP contribution in [0.1, 0.15) is 245 Å². The van der Waals surface area contributed by atoms with Crippen molar-refractivity contribution in [2.75, 3.05) is 6.61 Å². The van der Waals surface area contributed by atoms with Crippen LogP contribution >= 0.6 is 0 Å². The summed E-state index contributed by atoms with van der Waals surface area (Å²) in [7, 11) is 0. The zero-order valence-corrected chi connectivity index (χ0v) is 33.7. The molecular formula is C44H89NO5. The first-order valence-electron chi connectivity index (χ1n) is 22.4. The van der Waals surface area contributed by atoms with Gasteiger partial charge in [0.2, 0.25) is 5.91 Å². The summed E-state index contributed by atoms with van der Waals surface area (Å²) in [6.07, 6.45) is 41.3. The topological polar surface area (TPSA) is 110 Å². The third-order valence-electron chi connectivity index (χ3n) is 10.8. The third-order valence-corrected chi connectivity index (χ3v) is 10.8. The molecule has 1 amide bonds. The molecule has 0 aromatic carbocycles. The Balaban J connectivity index is 3.69. The molecule has 0 bridgehead atoms. The van der Waals surface area contributed by atoms with Gasteiger partial charge in [-0.05, 0) is 12.8 Å². The SMILES string of the molecule is CCCCCCCCCCCCCCCCCCCCC(O)C(O)C(CO)NC(=O)C(O)CCCCCCCCCCCCCCCCCC. The van der Waals surface area contributed by atoms with Crippen LogP contribution in [0.3, 0.4) is 0 Å². The minimum atomic E-state index is -1.25. The Morgan fingerprint density at radius 3 is 0.960 bits per heavy atom. The quantitative estimate of drug-likeness (QED) is 0.0406. The molecular weight excluding hydrogens is 622 g/mol. The summed E-state index contributed by atoms with van der Waals surface area (Å²) in [4.78, 5) is 12.5. The summed E-state index contributed by atoms with van der Waals surface area (Å²) < 4.78 is 0. The maximum Gasteiger partial charge on any atom is 0.249 e. The van der Waals surface area contributed by atoms with E-state index in [1.807, 2.05) is 0 Å². The van der Waals surface area contributed by atoms with Crippen molar-refractivity contribution >= 4 is 5.91 Å². The van der Waals surface area contributed by atoms with Gasteiger partial charge in [-0.15, -0.1) is 0 Å². The lowest BCUT2D eigenvalue weighted by Crippen LogP contribution is -2.53. The fourth-order valence-electron chi connectivity index (χ4n) is 7.23. The van der Waals surface area contributed by atoms with E-state index in [0.29, 0.717) is 12.8 Å². The van der Waals surface area contributed by atoms with Gasteiger partial charge in [-0.2, -0.15) is 0 Å². The van der Waals surface area contributed by atoms with Gasteiger partial charge in [0.1, 0.15) is 12.2 Å². The van der Waals surface area contributed by atoms with Gasteiger partial charge in [0.05, 0.1) is 18.8 Å². The number of carbonyl (C=O) groups is 1. The molecule has 50 heavy (non-hydrogen) atoms. The number of nitrogens with one attached hydrogen (secondary N) is 1. The van der Waals surface area contributed by atoms with Crippen molar-refractivity contribution in [2.24, 2.45) is 0 Å². The molecule has 0 aliphatic carbocycles. The van der Waals surface area contributed by atoms with E-state index in [1.165, 1.54) is 180 Å². The number of aliphatic hydroxyl groups excluding tert-OH is 4. The maximum atomic E-state index is 12.5. The molecule has 6 nitrogen and oxygen atoms in total. The Kier molecular flexibility index (Phi) is 39.0. The van der Waals surface area contributed by atoms with Crippen LogP contribution in [0, 0.1) is 0 Å². The first kappa shape index (κ1) is 49.3. The summed E-state index contributed by atoms with van der Waals surface area (Å²) >= 11 is 0. The molecule has 0 aromatic rings. The van der Waals surface area contributed by atoms with Crippen molar-refractivity contribution in [3.05, 3.63) is 0 Å². The summed E-state index contributed by atoms with van der Waals surface area (Å²) in [5, 5.41) is 43.7. The summed E-state index contributed by atoms with van der Waals surface area (Å²) in [6.45, 7) is 4.07. The maximum absolute atomic E-state index is 12.5. The van der Waals surface area contributed by atoms with Gasteiger partial charge < -0.3 is 25.7 Å². The molecule has 0 aromatic heterocycles. The molecule has 0 aliphatic heterocycles. The predicted molar refractivity (Wildman–Crippen MR) is 215 cm³/mol. The zero-order chi connectivity index (χ0) is 36.8. The van der Waals surface area contributed by atoms with E-state index in [2.05, 4.69) is 19.2 Å². The van der Waals surface area contributed by atoms with Gasteiger partial charge in [-0.3, -0.25) is 4.79 Å². The molecule has 0 saturated carbocycles. The smallest absolute Gasteiger partial charge is 0.249 e. The Hall–Kier alpha value is -0.690. The molecule has 0 heterocycles. The fraction of sp³-hybridized carbons (Fsp3) is 0.977. The van der Waals surface area contributed by atoms with E-state index in [-0.39, 0.29) is 0 Å². The average molecular weight is 712 g/mol. The van der Waals surface area contributed by atoms with E-state index in [9.17, 15) is 25.2 Å². The molecule has 4 unspecified atom stereocenters. The molecule has 300 valence electrons. The lowest BCUT2D eigenvalue weighted by atomic mass is 9.99. The molecule has 6 heteroatoms. The monoisotopic (exact) mass is 712 g/mol. The molecule has 0 rings (SSSR count). The molecule has 0 aliphatic rings. The Labute approximate surface area is 311 Å². The van der Waals surface area contributed by atoms with E-state index in [4.69, 9.17) is 0 Å². The highest BCUT2D eigenvalue weighted by Gasteiger charge is 2.28.